The van der Waals surface area contributed by atoms with E-state index in [2.05, 4.69) is 49.1 Å². The molecule has 0 spiro atoms. The van der Waals surface area contributed by atoms with Crippen molar-refractivity contribution < 1.29 is 0 Å². The Bertz CT molecular complexity index is 690. The Morgan fingerprint density at radius 1 is 1.00 bits per heavy atom. The van der Waals surface area contributed by atoms with Gasteiger partial charge in [-0.25, -0.2) is 0 Å². The molecular formula is C22H23ClSe. The zero-order valence-corrected chi connectivity index (χ0v) is 16.6. The molecule has 24 heavy (non-hydrogen) atoms. The van der Waals surface area contributed by atoms with Crippen LogP contribution in [-0.4, -0.2) is 15.0 Å². The predicted molar refractivity (Wildman–Crippen MR) is 107 cm³/mol. The van der Waals surface area contributed by atoms with Crippen molar-refractivity contribution in [1.29, 1.82) is 0 Å². The molecule has 0 radical (unpaired) electrons. The van der Waals surface area contributed by atoms with Gasteiger partial charge in [0.25, 0.3) is 0 Å². The van der Waals surface area contributed by atoms with Gasteiger partial charge in [-0.05, 0) is 0 Å². The molecule has 0 saturated carbocycles. The summed E-state index contributed by atoms with van der Waals surface area (Å²) in [6.07, 6.45) is 8.61. The van der Waals surface area contributed by atoms with E-state index in [4.69, 9.17) is 11.6 Å². The minimum absolute atomic E-state index is 0.233. The predicted octanol–water partition coefficient (Wildman–Crippen LogP) is 5.58. The molecule has 0 bridgehead atoms. The van der Waals surface area contributed by atoms with E-state index < -0.39 is 0 Å². The maximum atomic E-state index is 5.99. The van der Waals surface area contributed by atoms with E-state index >= 15 is 0 Å². The van der Waals surface area contributed by atoms with Crippen LogP contribution >= 0.6 is 11.6 Å². The second-order valence-corrected chi connectivity index (χ2v) is 8.37. The maximum absolute atomic E-state index is 5.99. The van der Waals surface area contributed by atoms with Crippen molar-refractivity contribution in [2.45, 2.75) is 39.0 Å². The molecule has 0 unspecified atom stereocenters. The normalized spacial score (nSPS) is 11.0. The van der Waals surface area contributed by atoms with Crippen molar-refractivity contribution >= 4 is 31.0 Å². The summed E-state index contributed by atoms with van der Waals surface area (Å²) in [4.78, 5) is 0. The van der Waals surface area contributed by atoms with Gasteiger partial charge < -0.3 is 0 Å². The summed E-state index contributed by atoms with van der Waals surface area (Å²) in [6.45, 7) is 2.25. The van der Waals surface area contributed by atoms with E-state index in [9.17, 15) is 0 Å². The van der Waals surface area contributed by atoms with Crippen LogP contribution in [0.4, 0.5) is 0 Å². The quantitative estimate of drug-likeness (QED) is 0.323. The molecule has 2 heteroatoms. The van der Waals surface area contributed by atoms with E-state index in [1.807, 2.05) is 30.3 Å². The molecule has 0 nitrogen and oxygen atoms in total. The second-order valence-electron chi connectivity index (χ2n) is 5.59. The van der Waals surface area contributed by atoms with Crippen molar-refractivity contribution in [1.82, 2.24) is 0 Å². The summed E-state index contributed by atoms with van der Waals surface area (Å²) < 4.78 is 2.57. The third-order valence-corrected chi connectivity index (χ3v) is 5.88. The van der Waals surface area contributed by atoms with Crippen LogP contribution in [0.3, 0.4) is 0 Å². The van der Waals surface area contributed by atoms with Crippen LogP contribution < -0.4 is 4.46 Å². The first kappa shape index (κ1) is 18.9. The minimum atomic E-state index is 0.233. The number of hydrogen-bond donors (Lipinski definition) is 0. The van der Waals surface area contributed by atoms with Gasteiger partial charge in [0.15, 0.2) is 0 Å². The van der Waals surface area contributed by atoms with E-state index in [1.165, 1.54) is 34.6 Å². The Labute approximate surface area is 157 Å². The Morgan fingerprint density at radius 3 is 2.46 bits per heavy atom. The van der Waals surface area contributed by atoms with Crippen LogP contribution in [0.25, 0.3) is 0 Å². The molecule has 0 atom stereocenters. The third kappa shape index (κ3) is 7.41. The van der Waals surface area contributed by atoms with E-state index in [0.717, 1.165) is 17.0 Å². The fourth-order valence-corrected chi connectivity index (χ4v) is 4.07. The first-order chi connectivity index (χ1) is 11.8. The van der Waals surface area contributed by atoms with Gasteiger partial charge in [0.1, 0.15) is 0 Å². The summed E-state index contributed by atoms with van der Waals surface area (Å²) in [5.41, 5.74) is 1.07. The molecule has 124 valence electrons. The number of hydrogen-bond acceptors (Lipinski definition) is 0. The Hall–Kier alpha value is -1.45. The molecule has 0 aliphatic rings. The fraction of sp³-hybridized carbons (Fsp3) is 0.273. The standard InChI is InChI=1S/C22H23ClSe/c1-2-3-4-5-9-12-21(16-13-19-10-7-6-8-11-19)24-22-17-14-20(23)15-18-22/h6-8,10-12,14-15,17-18H,2-5,9H2,1H3/b21-12-. The first-order valence-corrected chi connectivity index (χ1v) is 10.6. The molecule has 0 aliphatic carbocycles. The van der Waals surface area contributed by atoms with Crippen LogP contribution in [0.1, 0.15) is 44.6 Å². The van der Waals surface area contributed by atoms with E-state index in [-0.39, 0.29) is 15.0 Å². The fourth-order valence-electron chi connectivity index (χ4n) is 2.21. The Balaban J connectivity index is 2.07. The molecule has 0 fully saturated rings. The Kier molecular flexibility index (Phi) is 8.78. The molecule has 2 rings (SSSR count). The van der Waals surface area contributed by atoms with Crippen molar-refractivity contribution in [2.24, 2.45) is 0 Å². The van der Waals surface area contributed by atoms with Crippen molar-refractivity contribution in [2.75, 3.05) is 0 Å². The van der Waals surface area contributed by atoms with Gasteiger partial charge in [-0.3, -0.25) is 0 Å². The first-order valence-electron chi connectivity index (χ1n) is 8.48. The SMILES string of the molecule is CCCCCC/C=C(/C#Cc1ccccc1)[Se]c1ccc(Cl)cc1. The van der Waals surface area contributed by atoms with Gasteiger partial charge in [0, 0.05) is 0 Å². The second kappa shape index (κ2) is 11.2. The van der Waals surface area contributed by atoms with Crippen molar-refractivity contribution in [3.05, 3.63) is 75.7 Å². The topological polar surface area (TPSA) is 0 Å². The van der Waals surface area contributed by atoms with Gasteiger partial charge in [-0.2, -0.15) is 0 Å². The summed E-state index contributed by atoms with van der Waals surface area (Å²) in [5, 5.41) is 0.787. The Morgan fingerprint density at radius 2 is 1.75 bits per heavy atom. The van der Waals surface area contributed by atoms with Crippen LogP contribution in [0.5, 0.6) is 0 Å². The molecule has 0 N–H and O–H groups in total. The average Bonchev–Trinajstić information content (AvgIpc) is 2.62. The van der Waals surface area contributed by atoms with Crippen LogP contribution in [0.2, 0.25) is 5.02 Å². The van der Waals surface area contributed by atoms with Crippen molar-refractivity contribution in [3.63, 3.8) is 0 Å². The summed E-state index contributed by atoms with van der Waals surface area (Å²) >= 11 is 6.22. The average molecular weight is 402 g/mol. The van der Waals surface area contributed by atoms with Gasteiger partial charge in [-0.15, -0.1) is 0 Å². The summed E-state index contributed by atoms with van der Waals surface area (Å²) in [5.74, 6) is 6.70. The van der Waals surface area contributed by atoms with Gasteiger partial charge in [-0.1, -0.05) is 0 Å². The number of benzene rings is 2. The van der Waals surface area contributed by atoms with Gasteiger partial charge >= 0.3 is 158 Å². The molecule has 0 aromatic heterocycles. The van der Waals surface area contributed by atoms with Crippen LogP contribution in [0, 0.1) is 11.8 Å². The van der Waals surface area contributed by atoms with Gasteiger partial charge in [0.05, 0.1) is 0 Å². The number of allylic oxidation sites excluding steroid dienone is 2. The van der Waals surface area contributed by atoms with Crippen LogP contribution in [0.15, 0.2) is 65.1 Å². The molecule has 2 aromatic carbocycles. The zero-order valence-electron chi connectivity index (χ0n) is 14.1. The summed E-state index contributed by atoms with van der Waals surface area (Å²) in [7, 11) is 0. The van der Waals surface area contributed by atoms with E-state index in [1.54, 1.807) is 0 Å². The van der Waals surface area contributed by atoms with E-state index in [0.29, 0.717) is 0 Å². The molecule has 0 amide bonds. The molecule has 0 saturated heterocycles. The van der Waals surface area contributed by atoms with Crippen LogP contribution in [-0.2, 0) is 0 Å². The number of halogens is 1. The monoisotopic (exact) mass is 402 g/mol. The molecular weight excluding hydrogens is 379 g/mol. The number of rotatable bonds is 7. The molecule has 0 heterocycles. The number of unbranched alkanes of at least 4 members (excludes halogenated alkanes) is 4. The third-order valence-electron chi connectivity index (χ3n) is 3.53. The summed E-state index contributed by atoms with van der Waals surface area (Å²) in [6, 6.07) is 18.3. The zero-order chi connectivity index (χ0) is 17.0. The van der Waals surface area contributed by atoms with Crippen molar-refractivity contribution in [3.8, 4) is 11.8 Å². The molecule has 2 aromatic rings. The van der Waals surface area contributed by atoms with Gasteiger partial charge in [0.2, 0.25) is 0 Å². The molecule has 0 aliphatic heterocycles.